The van der Waals surface area contributed by atoms with Gasteiger partial charge in [0.15, 0.2) is 6.61 Å². The van der Waals surface area contributed by atoms with E-state index in [1.54, 1.807) is 37.5 Å². The maximum absolute atomic E-state index is 13.0. The van der Waals surface area contributed by atoms with Gasteiger partial charge in [0, 0.05) is 16.1 Å². The molecule has 160 valence electrons. The fourth-order valence-electron chi connectivity index (χ4n) is 3.05. The number of carbonyl (C=O) groups is 1. The molecule has 0 fully saturated rings. The van der Waals surface area contributed by atoms with Gasteiger partial charge >= 0.3 is 5.97 Å². The molecule has 3 aromatic carbocycles. The smallest absolute Gasteiger partial charge is 0.339 e. The van der Waals surface area contributed by atoms with Crippen molar-refractivity contribution in [1.29, 1.82) is 0 Å². The zero-order valence-electron chi connectivity index (χ0n) is 17.2. The highest BCUT2D eigenvalue weighted by Crippen LogP contribution is 2.26. The van der Waals surface area contributed by atoms with Crippen LogP contribution in [0.15, 0.2) is 83.3 Å². The molecular formula is C25H19ClN2O4. The molecule has 0 N–H and O–H groups in total. The summed E-state index contributed by atoms with van der Waals surface area (Å²) in [4.78, 5) is 13.0. The Balaban J connectivity index is 1.55. The Morgan fingerprint density at radius 1 is 0.969 bits per heavy atom. The molecule has 4 aromatic rings. The zero-order valence-corrected chi connectivity index (χ0v) is 18.0. The molecule has 0 amide bonds. The Kier molecular flexibility index (Phi) is 6.63. The number of rotatable bonds is 7. The highest BCUT2D eigenvalue weighted by Gasteiger charge is 2.17. The highest BCUT2D eigenvalue weighted by atomic mass is 35.5. The van der Waals surface area contributed by atoms with Crippen LogP contribution in [0.2, 0.25) is 5.02 Å². The van der Waals surface area contributed by atoms with E-state index in [2.05, 4.69) is 10.2 Å². The van der Waals surface area contributed by atoms with E-state index in [1.165, 1.54) is 0 Å². The quantitative estimate of drug-likeness (QED) is 0.206. The number of halogens is 1. The lowest BCUT2D eigenvalue weighted by atomic mass is 10.0. The standard InChI is InChI=1S/C25H19ClN2O4/c1-30-22-10-6-5-9-19(22)15-21(17-7-3-2-4-8-17)25(29)31-16-23-27-28-24(32-23)18-11-13-20(26)14-12-18/h2-15H,16H2,1H3/b21-15+. The summed E-state index contributed by atoms with van der Waals surface area (Å²) in [6, 6.07) is 23.7. The second kappa shape index (κ2) is 9.94. The first-order chi connectivity index (χ1) is 15.6. The van der Waals surface area contributed by atoms with Crippen LogP contribution in [-0.4, -0.2) is 23.3 Å². The lowest BCUT2D eigenvalue weighted by molar-refractivity contribution is -0.138. The van der Waals surface area contributed by atoms with E-state index in [-0.39, 0.29) is 12.5 Å². The molecule has 1 aromatic heterocycles. The van der Waals surface area contributed by atoms with Gasteiger partial charge in [-0.25, -0.2) is 4.79 Å². The molecule has 1 heterocycles. The maximum Gasteiger partial charge on any atom is 0.339 e. The fraction of sp³-hybridized carbons (Fsp3) is 0.0800. The summed E-state index contributed by atoms with van der Waals surface area (Å²) in [5.74, 6) is 0.639. The third kappa shape index (κ3) is 5.04. The van der Waals surface area contributed by atoms with Crippen LogP contribution in [0.4, 0.5) is 0 Å². The summed E-state index contributed by atoms with van der Waals surface area (Å²) in [6.07, 6.45) is 1.74. The minimum atomic E-state index is -0.520. The molecule has 0 aliphatic carbocycles. The van der Waals surface area contributed by atoms with Crippen LogP contribution >= 0.6 is 11.6 Å². The molecule has 32 heavy (non-hydrogen) atoms. The molecule has 0 aliphatic heterocycles. The van der Waals surface area contributed by atoms with E-state index in [1.807, 2.05) is 54.6 Å². The lowest BCUT2D eigenvalue weighted by Crippen LogP contribution is -2.08. The van der Waals surface area contributed by atoms with Crippen molar-refractivity contribution in [3.8, 4) is 17.2 Å². The van der Waals surface area contributed by atoms with Gasteiger partial charge in [-0.05, 0) is 42.0 Å². The predicted molar refractivity (Wildman–Crippen MR) is 122 cm³/mol. The largest absolute Gasteiger partial charge is 0.496 e. The van der Waals surface area contributed by atoms with Crippen LogP contribution in [0.3, 0.4) is 0 Å². The Morgan fingerprint density at radius 3 is 2.44 bits per heavy atom. The molecule has 0 radical (unpaired) electrons. The normalized spacial score (nSPS) is 11.2. The Bertz CT molecular complexity index is 1230. The molecule has 0 saturated carbocycles. The molecule has 0 unspecified atom stereocenters. The van der Waals surface area contributed by atoms with E-state index in [0.29, 0.717) is 22.2 Å². The van der Waals surface area contributed by atoms with Crippen LogP contribution in [-0.2, 0) is 16.1 Å². The van der Waals surface area contributed by atoms with Crippen molar-refractivity contribution in [2.24, 2.45) is 0 Å². The Hall–Kier alpha value is -3.90. The number of esters is 1. The number of carbonyl (C=O) groups excluding carboxylic acids is 1. The first kappa shape index (κ1) is 21.3. The summed E-state index contributed by atoms with van der Waals surface area (Å²) in [5, 5.41) is 8.58. The van der Waals surface area contributed by atoms with Crippen LogP contribution < -0.4 is 4.74 Å². The third-order valence-electron chi connectivity index (χ3n) is 4.63. The lowest BCUT2D eigenvalue weighted by Gasteiger charge is -2.10. The zero-order chi connectivity index (χ0) is 22.3. The van der Waals surface area contributed by atoms with Crippen LogP contribution in [0.1, 0.15) is 17.0 Å². The van der Waals surface area contributed by atoms with Gasteiger partial charge in [0.25, 0.3) is 5.89 Å². The van der Waals surface area contributed by atoms with Crippen molar-refractivity contribution in [3.63, 3.8) is 0 Å². The number of hydrogen-bond donors (Lipinski definition) is 0. The number of aromatic nitrogens is 2. The van der Waals surface area contributed by atoms with Crippen molar-refractivity contribution in [2.45, 2.75) is 6.61 Å². The minimum absolute atomic E-state index is 0.157. The second-order valence-corrected chi connectivity index (χ2v) is 7.19. The average Bonchev–Trinajstić information content (AvgIpc) is 3.31. The number of para-hydroxylation sites is 1. The summed E-state index contributed by atoms with van der Waals surface area (Å²) >= 11 is 5.91. The molecular weight excluding hydrogens is 428 g/mol. The van der Waals surface area contributed by atoms with Crippen molar-refractivity contribution >= 4 is 29.2 Å². The third-order valence-corrected chi connectivity index (χ3v) is 4.88. The van der Waals surface area contributed by atoms with E-state index in [9.17, 15) is 4.79 Å². The van der Waals surface area contributed by atoms with E-state index in [4.69, 9.17) is 25.5 Å². The van der Waals surface area contributed by atoms with Crippen molar-refractivity contribution in [1.82, 2.24) is 10.2 Å². The summed E-state index contributed by atoms with van der Waals surface area (Å²) in [5.41, 5.74) is 2.58. The molecule has 0 saturated heterocycles. The number of nitrogens with zero attached hydrogens (tertiary/aromatic N) is 2. The fourth-order valence-corrected chi connectivity index (χ4v) is 3.17. The van der Waals surface area contributed by atoms with Gasteiger partial charge in [0.1, 0.15) is 5.75 Å². The molecule has 0 bridgehead atoms. The number of benzene rings is 3. The van der Waals surface area contributed by atoms with Gasteiger partial charge in [-0.2, -0.15) is 0 Å². The number of hydrogen-bond acceptors (Lipinski definition) is 6. The van der Waals surface area contributed by atoms with Gasteiger partial charge < -0.3 is 13.9 Å². The Morgan fingerprint density at radius 2 is 1.69 bits per heavy atom. The monoisotopic (exact) mass is 446 g/mol. The van der Waals surface area contributed by atoms with Crippen LogP contribution in [0.5, 0.6) is 5.75 Å². The average molecular weight is 447 g/mol. The first-order valence-electron chi connectivity index (χ1n) is 9.79. The summed E-state index contributed by atoms with van der Waals surface area (Å²) < 4.78 is 16.5. The van der Waals surface area contributed by atoms with E-state index in [0.717, 1.165) is 16.7 Å². The summed E-state index contributed by atoms with van der Waals surface area (Å²) in [6.45, 7) is -0.157. The highest BCUT2D eigenvalue weighted by molar-refractivity contribution is 6.30. The number of methoxy groups -OCH3 is 1. The van der Waals surface area contributed by atoms with Gasteiger partial charge in [0.05, 0.1) is 12.7 Å². The molecule has 0 aliphatic rings. The molecule has 6 nitrogen and oxygen atoms in total. The van der Waals surface area contributed by atoms with Crippen molar-refractivity contribution < 1.29 is 18.7 Å². The molecule has 7 heteroatoms. The van der Waals surface area contributed by atoms with E-state index < -0.39 is 5.97 Å². The Labute approximate surface area is 190 Å². The van der Waals surface area contributed by atoms with Gasteiger partial charge in [-0.3, -0.25) is 0 Å². The maximum atomic E-state index is 13.0. The predicted octanol–water partition coefficient (Wildman–Crippen LogP) is 5.68. The van der Waals surface area contributed by atoms with E-state index >= 15 is 0 Å². The topological polar surface area (TPSA) is 74.5 Å². The summed E-state index contributed by atoms with van der Waals surface area (Å²) in [7, 11) is 1.58. The SMILES string of the molecule is COc1ccccc1/C=C(/C(=O)OCc1nnc(-c2ccc(Cl)cc2)o1)c1ccccc1. The van der Waals surface area contributed by atoms with Crippen LogP contribution in [0.25, 0.3) is 23.1 Å². The van der Waals surface area contributed by atoms with Crippen LogP contribution in [0, 0.1) is 0 Å². The molecule has 0 atom stereocenters. The number of ether oxygens (including phenoxy) is 2. The second-order valence-electron chi connectivity index (χ2n) is 6.75. The first-order valence-corrected chi connectivity index (χ1v) is 10.2. The molecule has 4 rings (SSSR count). The minimum Gasteiger partial charge on any atom is -0.496 e. The van der Waals surface area contributed by atoms with Gasteiger partial charge in [0.2, 0.25) is 5.89 Å². The van der Waals surface area contributed by atoms with Crippen molar-refractivity contribution in [2.75, 3.05) is 7.11 Å². The van der Waals surface area contributed by atoms with Gasteiger partial charge in [-0.1, -0.05) is 60.1 Å². The molecule has 0 spiro atoms. The van der Waals surface area contributed by atoms with Crippen molar-refractivity contribution in [3.05, 3.63) is 101 Å². The van der Waals surface area contributed by atoms with Gasteiger partial charge in [-0.15, -0.1) is 10.2 Å².